The highest BCUT2D eigenvalue weighted by atomic mass is 19.2. The Balaban J connectivity index is 0.000000167. The molecule has 1 aliphatic carbocycles. The lowest BCUT2D eigenvalue weighted by atomic mass is 10.1. The van der Waals surface area contributed by atoms with E-state index in [1.807, 2.05) is 13.0 Å². The predicted molar refractivity (Wildman–Crippen MR) is 136 cm³/mol. The first-order valence-corrected chi connectivity index (χ1v) is 11.9. The molecule has 38 heavy (non-hydrogen) atoms. The van der Waals surface area contributed by atoms with E-state index in [1.165, 1.54) is 33.3 Å². The van der Waals surface area contributed by atoms with Crippen LogP contribution in [0.4, 0.5) is 9.28 Å². The zero-order valence-corrected chi connectivity index (χ0v) is 21.6. The van der Waals surface area contributed by atoms with Gasteiger partial charge in [0, 0.05) is 26.2 Å². The average Bonchev–Trinajstić information content (AvgIpc) is 3.59. The third-order valence-electron chi connectivity index (χ3n) is 5.47. The van der Waals surface area contributed by atoms with Crippen LogP contribution < -0.4 is 20.7 Å². The lowest BCUT2D eigenvalue weighted by molar-refractivity contribution is -0.120. The topological polar surface area (TPSA) is 143 Å². The van der Waals surface area contributed by atoms with Crippen molar-refractivity contribution in [1.82, 2.24) is 26.1 Å². The second-order valence-corrected chi connectivity index (χ2v) is 8.60. The van der Waals surface area contributed by atoms with Gasteiger partial charge in [0.2, 0.25) is 5.91 Å². The maximum atomic E-state index is 12.8. The number of methoxy groups -OCH3 is 1. The second kappa shape index (κ2) is 12.7. The third kappa shape index (κ3) is 7.28. The highest BCUT2D eigenvalue weighted by molar-refractivity contribution is 6.04. The number of nitrogens with zero attached hydrogens (tertiary/aromatic N) is 2. The standard InChI is InChI=1S/C11H9N3O3.C9H8FNO2.C3H7NO.C3H6/c1-5-2-3-12-6-4-7(17-9(5)6)8-10(15)14-11(16)13-8;1-13-7-3-2-6-5-11(10)9(12)8(6)4-7;1-3(5)4-2;1-2-3-1/h2-4,8H,1H3,(H2,13,14,15,16);2-4H,5H2,1H3;1-2H3,(H,4,5);1-3H2. The first kappa shape index (κ1) is 28.1. The van der Waals surface area contributed by atoms with Crippen LogP contribution in [0.1, 0.15) is 59.5 Å². The number of benzene rings is 1. The summed E-state index contributed by atoms with van der Waals surface area (Å²) >= 11 is 0. The van der Waals surface area contributed by atoms with E-state index in [1.54, 1.807) is 37.5 Å². The molecule has 0 spiro atoms. The molecule has 3 aromatic rings. The van der Waals surface area contributed by atoms with Gasteiger partial charge in [-0.1, -0.05) is 29.8 Å². The second-order valence-electron chi connectivity index (χ2n) is 8.60. The van der Waals surface area contributed by atoms with Gasteiger partial charge in [0.1, 0.15) is 17.0 Å². The maximum absolute atomic E-state index is 12.8. The van der Waals surface area contributed by atoms with Crippen LogP contribution in [0.25, 0.3) is 11.1 Å². The van der Waals surface area contributed by atoms with Crippen LogP contribution >= 0.6 is 0 Å². The Hall–Kier alpha value is -4.48. The average molecular weight is 528 g/mol. The quantitative estimate of drug-likeness (QED) is 0.342. The molecular weight excluding hydrogens is 497 g/mol. The molecule has 5 amide bonds. The molecule has 0 radical (unpaired) electrons. The number of halogens is 1. The molecule has 4 heterocycles. The van der Waals surface area contributed by atoms with Crippen LogP contribution in [0.2, 0.25) is 0 Å². The number of fused-ring (bicyclic) bond motifs is 2. The SMILES string of the molecule is C1CC1.CNC(C)=O.COc1ccc2c(c1)C(=O)N(F)C2.Cc1ccnc2cc(C3NC(=O)NC3=O)oc12. The van der Waals surface area contributed by atoms with Crippen LogP contribution in [0.15, 0.2) is 40.9 Å². The normalized spacial score (nSPS) is 16.5. The fraction of sp³-hybridized carbons (Fsp3) is 0.346. The molecule has 0 bridgehead atoms. The van der Waals surface area contributed by atoms with Gasteiger partial charge in [-0.3, -0.25) is 24.7 Å². The number of aryl methyl sites for hydroxylation is 1. The zero-order valence-electron chi connectivity index (χ0n) is 21.6. The molecule has 2 fully saturated rings. The molecule has 3 N–H and O–H groups in total. The van der Waals surface area contributed by atoms with Gasteiger partial charge < -0.3 is 19.8 Å². The molecule has 1 saturated carbocycles. The molecule has 1 unspecified atom stereocenters. The highest BCUT2D eigenvalue weighted by Crippen LogP contribution is 2.27. The Morgan fingerprint density at radius 3 is 2.39 bits per heavy atom. The van der Waals surface area contributed by atoms with Gasteiger partial charge in [-0.15, -0.1) is 0 Å². The molecular formula is C26H30FN5O6. The minimum atomic E-state index is -0.768. The summed E-state index contributed by atoms with van der Waals surface area (Å²) in [6.07, 6.45) is 6.17. The summed E-state index contributed by atoms with van der Waals surface area (Å²) in [6.45, 7) is 3.41. The summed E-state index contributed by atoms with van der Waals surface area (Å²) in [5, 5.41) is 7.22. The largest absolute Gasteiger partial charge is 0.497 e. The summed E-state index contributed by atoms with van der Waals surface area (Å²) in [4.78, 5) is 47.5. The molecule has 3 aliphatic rings. The molecule has 202 valence electrons. The van der Waals surface area contributed by atoms with Gasteiger partial charge in [0.05, 0.1) is 19.2 Å². The van der Waals surface area contributed by atoms with Gasteiger partial charge in [-0.2, -0.15) is 5.12 Å². The van der Waals surface area contributed by atoms with Crippen molar-refractivity contribution in [3.05, 3.63) is 59.0 Å². The number of nitrogens with one attached hydrogen (secondary N) is 3. The Kier molecular flexibility index (Phi) is 9.36. The summed E-state index contributed by atoms with van der Waals surface area (Å²) in [7, 11) is 3.11. The number of imide groups is 1. The Labute approximate surface area is 218 Å². The number of amides is 5. The van der Waals surface area contributed by atoms with E-state index in [0.29, 0.717) is 33.7 Å². The molecule has 1 aromatic carbocycles. The van der Waals surface area contributed by atoms with Crippen molar-refractivity contribution in [2.24, 2.45) is 0 Å². The summed E-state index contributed by atoms with van der Waals surface area (Å²) in [5.74, 6) is -0.0295. The summed E-state index contributed by atoms with van der Waals surface area (Å²) < 4.78 is 23.3. The maximum Gasteiger partial charge on any atom is 0.322 e. The summed E-state index contributed by atoms with van der Waals surface area (Å²) in [5.41, 5.74) is 3.34. The summed E-state index contributed by atoms with van der Waals surface area (Å²) in [6, 6.07) is 7.18. The van der Waals surface area contributed by atoms with Crippen molar-refractivity contribution in [3.63, 3.8) is 0 Å². The van der Waals surface area contributed by atoms with Crippen molar-refractivity contribution in [2.45, 2.75) is 45.7 Å². The lowest BCUT2D eigenvalue weighted by Gasteiger charge is -2.01. The Bertz CT molecular complexity index is 1340. The van der Waals surface area contributed by atoms with E-state index in [0.717, 1.165) is 5.56 Å². The van der Waals surface area contributed by atoms with Crippen molar-refractivity contribution in [3.8, 4) is 5.75 Å². The number of carbonyl (C=O) groups excluding carboxylic acids is 4. The lowest BCUT2D eigenvalue weighted by Crippen LogP contribution is -2.22. The number of urea groups is 1. The molecule has 2 aromatic heterocycles. The molecule has 2 aliphatic heterocycles. The van der Waals surface area contributed by atoms with Crippen molar-refractivity contribution in [2.75, 3.05) is 14.2 Å². The smallest absolute Gasteiger partial charge is 0.322 e. The Morgan fingerprint density at radius 1 is 1.18 bits per heavy atom. The number of pyridine rings is 1. The number of furan rings is 1. The number of hydrogen-bond donors (Lipinski definition) is 3. The number of carbonyl (C=O) groups is 4. The van der Waals surface area contributed by atoms with Crippen molar-refractivity contribution in [1.29, 1.82) is 0 Å². The minimum Gasteiger partial charge on any atom is -0.497 e. The van der Waals surface area contributed by atoms with Crippen LogP contribution in [0.5, 0.6) is 5.75 Å². The van der Waals surface area contributed by atoms with E-state index in [2.05, 4.69) is 20.9 Å². The van der Waals surface area contributed by atoms with Gasteiger partial charge in [0.15, 0.2) is 11.6 Å². The monoisotopic (exact) mass is 527 g/mol. The van der Waals surface area contributed by atoms with Gasteiger partial charge in [-0.05, 0) is 36.2 Å². The number of ether oxygens (including phenoxy) is 1. The molecule has 1 atom stereocenters. The number of hydrogen-bond acceptors (Lipinski definition) is 7. The van der Waals surface area contributed by atoms with E-state index in [-0.39, 0.29) is 17.6 Å². The predicted octanol–water partition coefficient (Wildman–Crippen LogP) is 3.47. The fourth-order valence-electron chi connectivity index (χ4n) is 3.21. The van der Waals surface area contributed by atoms with Crippen LogP contribution in [0.3, 0.4) is 0 Å². The molecule has 11 nitrogen and oxygen atoms in total. The Morgan fingerprint density at radius 2 is 1.87 bits per heavy atom. The van der Waals surface area contributed by atoms with E-state index < -0.39 is 23.9 Å². The molecule has 6 rings (SSSR count). The third-order valence-corrected chi connectivity index (χ3v) is 5.47. The van der Waals surface area contributed by atoms with Crippen LogP contribution in [-0.4, -0.2) is 48.0 Å². The van der Waals surface area contributed by atoms with E-state index >= 15 is 0 Å². The minimum absolute atomic E-state index is 0.00463. The number of aromatic nitrogens is 1. The van der Waals surface area contributed by atoms with Gasteiger partial charge in [-0.25, -0.2) is 4.79 Å². The van der Waals surface area contributed by atoms with Crippen LogP contribution in [-0.2, 0) is 16.1 Å². The zero-order chi connectivity index (χ0) is 27.8. The fourth-order valence-corrected chi connectivity index (χ4v) is 3.21. The molecule has 12 heteroatoms. The first-order valence-electron chi connectivity index (χ1n) is 11.9. The first-order chi connectivity index (χ1) is 18.1. The van der Waals surface area contributed by atoms with Crippen molar-refractivity contribution < 1.29 is 32.8 Å². The van der Waals surface area contributed by atoms with Gasteiger partial charge in [0.25, 0.3) is 11.8 Å². The highest BCUT2D eigenvalue weighted by Gasteiger charge is 2.33. The number of rotatable bonds is 2. The van der Waals surface area contributed by atoms with Crippen LogP contribution in [0, 0.1) is 6.92 Å². The van der Waals surface area contributed by atoms with Gasteiger partial charge >= 0.3 is 6.03 Å². The molecule has 1 saturated heterocycles. The van der Waals surface area contributed by atoms with Crippen molar-refractivity contribution >= 4 is 34.9 Å². The van der Waals surface area contributed by atoms with E-state index in [9.17, 15) is 23.7 Å². The van der Waals surface area contributed by atoms with E-state index in [4.69, 9.17) is 9.15 Å².